The molecule has 4 heteroatoms. The number of carboxylic acid groups (broad SMARTS) is 1. The van der Waals surface area contributed by atoms with E-state index in [9.17, 15) is 14.7 Å². The molecule has 5 rings (SSSR count). The van der Waals surface area contributed by atoms with Crippen LogP contribution in [-0.2, 0) is 11.2 Å². The van der Waals surface area contributed by atoms with Gasteiger partial charge in [-0.2, -0.15) is 0 Å². The average Bonchev–Trinajstić information content (AvgIpc) is 3.08. The fraction of sp³-hybridized carbons (Fsp3) is 0.636. The highest BCUT2D eigenvalue weighted by Crippen LogP contribution is 2.69. The lowest BCUT2D eigenvalue weighted by Crippen LogP contribution is -2.40. The van der Waals surface area contributed by atoms with Crippen LogP contribution in [0.4, 0.5) is 0 Å². The molecule has 26 heavy (non-hydrogen) atoms. The highest BCUT2D eigenvalue weighted by atomic mass is 16.4. The van der Waals surface area contributed by atoms with Crippen LogP contribution in [0.1, 0.15) is 48.0 Å². The fourth-order valence-electron chi connectivity index (χ4n) is 6.44. The van der Waals surface area contributed by atoms with Crippen molar-refractivity contribution >= 4 is 11.9 Å². The van der Waals surface area contributed by atoms with Crippen molar-refractivity contribution in [3.63, 3.8) is 0 Å². The van der Waals surface area contributed by atoms with Crippen molar-refractivity contribution in [3.05, 3.63) is 35.4 Å². The number of nitrogens with zero attached hydrogens (tertiary/aromatic N) is 1. The number of carbonyl (C=O) groups is 2. The molecule has 0 spiro atoms. The summed E-state index contributed by atoms with van der Waals surface area (Å²) in [4.78, 5) is 26.4. The van der Waals surface area contributed by atoms with E-state index in [0.717, 1.165) is 61.6 Å². The van der Waals surface area contributed by atoms with Gasteiger partial charge in [0, 0.05) is 19.0 Å². The lowest BCUT2D eigenvalue weighted by Gasteiger charge is -2.33. The van der Waals surface area contributed by atoms with Gasteiger partial charge in [0.05, 0.1) is 5.56 Å². The number of aromatic carboxylic acids is 1. The minimum atomic E-state index is -0.844. The topological polar surface area (TPSA) is 57.6 Å². The van der Waals surface area contributed by atoms with Crippen molar-refractivity contribution in [1.82, 2.24) is 4.90 Å². The molecule has 4 fully saturated rings. The number of benzene rings is 1. The van der Waals surface area contributed by atoms with E-state index in [0.29, 0.717) is 23.3 Å². The lowest BCUT2D eigenvalue weighted by molar-refractivity contribution is -0.135. The van der Waals surface area contributed by atoms with Crippen LogP contribution < -0.4 is 0 Å². The monoisotopic (exact) mass is 353 g/mol. The molecule has 4 unspecified atom stereocenters. The van der Waals surface area contributed by atoms with Crippen LogP contribution >= 0.6 is 0 Å². The van der Waals surface area contributed by atoms with Gasteiger partial charge in [-0.25, -0.2) is 4.79 Å². The number of fused-ring (bicyclic) bond motifs is 5. The molecule has 1 aliphatic heterocycles. The predicted molar refractivity (Wildman–Crippen MR) is 97.7 cm³/mol. The zero-order valence-corrected chi connectivity index (χ0v) is 15.1. The molecule has 0 aromatic heterocycles. The smallest absolute Gasteiger partial charge is 0.335 e. The zero-order valence-electron chi connectivity index (χ0n) is 15.1. The Bertz CT molecular complexity index is 721. The van der Waals surface area contributed by atoms with E-state index >= 15 is 0 Å². The van der Waals surface area contributed by atoms with E-state index in [-0.39, 0.29) is 0 Å². The quantitative estimate of drug-likeness (QED) is 0.902. The Kier molecular flexibility index (Phi) is 3.84. The maximum Gasteiger partial charge on any atom is 0.335 e. The second-order valence-corrected chi connectivity index (χ2v) is 8.95. The molecule has 4 aliphatic rings. The molecule has 3 aliphatic carbocycles. The van der Waals surface area contributed by atoms with Gasteiger partial charge in [0.1, 0.15) is 0 Å². The number of hydrogen-bond donors (Lipinski definition) is 1. The van der Waals surface area contributed by atoms with Crippen molar-refractivity contribution in [2.24, 2.45) is 35.5 Å². The summed E-state index contributed by atoms with van der Waals surface area (Å²) >= 11 is 0. The normalized spacial score (nSPS) is 35.4. The Morgan fingerprint density at radius 3 is 2.31 bits per heavy atom. The number of hydrogen-bond acceptors (Lipinski definition) is 2. The summed E-state index contributed by atoms with van der Waals surface area (Å²) in [5, 5.41) is 9.35. The molecular formula is C22H27NO3. The number of carbonyl (C=O) groups excluding carboxylic acids is 1. The Balaban J connectivity index is 1.17. The van der Waals surface area contributed by atoms with E-state index in [4.69, 9.17) is 0 Å². The van der Waals surface area contributed by atoms with Crippen LogP contribution in [-0.4, -0.2) is 35.0 Å². The first-order valence-electron chi connectivity index (χ1n) is 10.2. The standard InChI is InChI=1S/C22H27NO3/c24-21(20-18-15-5-6-16(12-15)19(18)20)23-9-7-13(8-10-23)11-14-3-1-2-4-17(14)22(25)26/h1-4,13,15-16,18-20H,5-12H2,(H,25,26). The van der Waals surface area contributed by atoms with Gasteiger partial charge in [0.15, 0.2) is 0 Å². The summed E-state index contributed by atoms with van der Waals surface area (Å²) < 4.78 is 0. The van der Waals surface area contributed by atoms with Crippen molar-refractivity contribution in [3.8, 4) is 0 Å². The Hall–Kier alpha value is -1.84. The van der Waals surface area contributed by atoms with Crippen molar-refractivity contribution in [1.29, 1.82) is 0 Å². The SMILES string of the molecule is O=C(O)c1ccccc1CC1CCN(C(=O)C2C3C4CCC(C4)C23)CC1. The van der Waals surface area contributed by atoms with Crippen LogP contribution in [0.3, 0.4) is 0 Å². The fourth-order valence-corrected chi connectivity index (χ4v) is 6.44. The minimum Gasteiger partial charge on any atom is -0.478 e. The molecular weight excluding hydrogens is 326 g/mol. The summed E-state index contributed by atoms with van der Waals surface area (Å²) in [5.41, 5.74) is 1.35. The Morgan fingerprint density at radius 2 is 1.65 bits per heavy atom. The Labute approximate surface area is 154 Å². The highest BCUT2D eigenvalue weighted by Gasteiger charge is 2.67. The van der Waals surface area contributed by atoms with Gasteiger partial charge in [0.2, 0.25) is 5.91 Å². The largest absolute Gasteiger partial charge is 0.478 e. The van der Waals surface area contributed by atoms with E-state index in [2.05, 4.69) is 4.90 Å². The molecule has 1 aromatic carbocycles. The first kappa shape index (κ1) is 16.3. The van der Waals surface area contributed by atoms with Gasteiger partial charge >= 0.3 is 5.97 Å². The van der Waals surface area contributed by atoms with Crippen LogP contribution in [0, 0.1) is 35.5 Å². The molecule has 0 radical (unpaired) electrons. The third kappa shape index (κ3) is 2.57. The summed E-state index contributed by atoms with van der Waals surface area (Å²) in [6.07, 6.45) is 6.91. The van der Waals surface area contributed by atoms with Gasteiger partial charge in [-0.15, -0.1) is 0 Å². The van der Waals surface area contributed by atoms with Crippen LogP contribution in [0.15, 0.2) is 24.3 Å². The van der Waals surface area contributed by atoms with Crippen molar-refractivity contribution in [2.75, 3.05) is 13.1 Å². The molecule has 4 nitrogen and oxygen atoms in total. The van der Waals surface area contributed by atoms with Crippen LogP contribution in [0.2, 0.25) is 0 Å². The van der Waals surface area contributed by atoms with Gasteiger partial charge in [0.25, 0.3) is 0 Å². The van der Waals surface area contributed by atoms with E-state index in [1.807, 2.05) is 12.1 Å². The molecule has 1 heterocycles. The number of likely N-dealkylation sites (tertiary alicyclic amines) is 1. The third-order valence-electron chi connectivity index (χ3n) is 7.70. The van der Waals surface area contributed by atoms with E-state index in [1.54, 1.807) is 12.1 Å². The van der Waals surface area contributed by atoms with Gasteiger partial charge in [-0.3, -0.25) is 4.79 Å². The Morgan fingerprint density at radius 1 is 1.00 bits per heavy atom. The highest BCUT2D eigenvalue weighted by molar-refractivity contribution is 5.89. The molecule has 2 bridgehead atoms. The number of carboxylic acids is 1. The molecule has 138 valence electrons. The maximum absolute atomic E-state index is 12.9. The second kappa shape index (κ2) is 6.11. The summed E-state index contributed by atoms with van der Waals surface area (Å²) in [5.74, 6) is 3.57. The van der Waals surface area contributed by atoms with Gasteiger partial charge < -0.3 is 10.0 Å². The molecule has 1 aromatic rings. The van der Waals surface area contributed by atoms with Gasteiger partial charge in [-0.1, -0.05) is 18.2 Å². The zero-order chi connectivity index (χ0) is 17.8. The van der Waals surface area contributed by atoms with Gasteiger partial charge in [-0.05, 0) is 79.7 Å². The molecule has 1 saturated heterocycles. The average molecular weight is 353 g/mol. The molecule has 3 saturated carbocycles. The maximum atomic E-state index is 12.9. The first-order valence-corrected chi connectivity index (χ1v) is 10.2. The van der Waals surface area contributed by atoms with Crippen LogP contribution in [0.5, 0.6) is 0 Å². The van der Waals surface area contributed by atoms with E-state index in [1.165, 1.54) is 19.3 Å². The third-order valence-corrected chi connectivity index (χ3v) is 7.70. The van der Waals surface area contributed by atoms with E-state index < -0.39 is 5.97 Å². The van der Waals surface area contributed by atoms with Crippen LogP contribution in [0.25, 0.3) is 0 Å². The summed E-state index contributed by atoms with van der Waals surface area (Å²) in [7, 11) is 0. The molecule has 1 N–H and O–H groups in total. The lowest BCUT2D eigenvalue weighted by atomic mass is 9.88. The second-order valence-electron chi connectivity index (χ2n) is 8.95. The van der Waals surface area contributed by atoms with Crippen molar-refractivity contribution in [2.45, 2.75) is 38.5 Å². The minimum absolute atomic E-state index is 0.352. The summed E-state index contributed by atoms with van der Waals surface area (Å²) in [6.45, 7) is 1.70. The molecule has 4 atom stereocenters. The number of rotatable bonds is 4. The summed E-state index contributed by atoms with van der Waals surface area (Å²) in [6, 6.07) is 7.33. The first-order chi connectivity index (χ1) is 12.6. The number of amides is 1. The predicted octanol–water partition coefficient (Wildman–Crippen LogP) is 3.46. The van der Waals surface area contributed by atoms with Crippen molar-refractivity contribution < 1.29 is 14.7 Å². The number of piperidine rings is 1. The molecule has 1 amide bonds.